The lowest BCUT2D eigenvalue weighted by molar-refractivity contribution is -0.392. The highest BCUT2D eigenvalue weighted by Crippen LogP contribution is 2.13. The molecule has 2 rings (SSSR count). The highest BCUT2D eigenvalue weighted by molar-refractivity contribution is 5.18. The molecule has 24 heavy (non-hydrogen) atoms. The van der Waals surface area contributed by atoms with Crippen LogP contribution in [0.1, 0.15) is 11.5 Å². The van der Waals surface area contributed by atoms with Crippen molar-refractivity contribution in [1.29, 1.82) is 0 Å². The number of imidazole rings is 1. The van der Waals surface area contributed by atoms with Crippen molar-refractivity contribution in [1.82, 2.24) is 24.5 Å². The lowest BCUT2D eigenvalue weighted by Gasteiger charge is -2.03. The first kappa shape index (κ1) is 17.9. The zero-order valence-corrected chi connectivity index (χ0v) is 13.3. The molecule has 0 aliphatic heterocycles. The molecule has 2 aromatic heterocycles. The third-order valence-corrected chi connectivity index (χ3v) is 3.20. The van der Waals surface area contributed by atoms with Crippen LogP contribution in [0.15, 0.2) is 12.4 Å². The topological polar surface area (TPSA) is 110 Å². The van der Waals surface area contributed by atoms with E-state index in [0.29, 0.717) is 31.2 Å². The predicted octanol–water partition coefficient (Wildman–Crippen LogP) is 0.894. The summed E-state index contributed by atoms with van der Waals surface area (Å²) < 4.78 is 25.4. The van der Waals surface area contributed by atoms with E-state index in [1.165, 1.54) is 10.8 Å². The zero-order valence-electron chi connectivity index (χ0n) is 13.3. The molecular weight excluding hydrogens is 323 g/mol. The number of alkyl halides is 1. The molecule has 0 aliphatic carbocycles. The summed E-state index contributed by atoms with van der Waals surface area (Å²) in [4.78, 5) is 14.3. The van der Waals surface area contributed by atoms with Gasteiger partial charge in [0.15, 0.2) is 5.82 Å². The van der Waals surface area contributed by atoms with Crippen molar-refractivity contribution in [2.24, 2.45) is 0 Å². The molecule has 0 fully saturated rings. The molecule has 11 heteroatoms. The van der Waals surface area contributed by atoms with Crippen LogP contribution in [0.25, 0.3) is 0 Å². The molecule has 0 radical (unpaired) electrons. The Morgan fingerprint density at radius 3 is 2.83 bits per heavy atom. The molecule has 10 nitrogen and oxygen atoms in total. The van der Waals surface area contributed by atoms with Crippen molar-refractivity contribution in [3.8, 4) is 0 Å². The van der Waals surface area contributed by atoms with Gasteiger partial charge in [0.25, 0.3) is 0 Å². The highest BCUT2D eigenvalue weighted by atomic mass is 19.1. The fourth-order valence-electron chi connectivity index (χ4n) is 2.04. The minimum atomic E-state index is -0.509. The van der Waals surface area contributed by atoms with Crippen LogP contribution in [0.4, 0.5) is 10.2 Å². The minimum Gasteiger partial charge on any atom is -0.377 e. The first-order valence-electron chi connectivity index (χ1n) is 7.38. The first-order valence-corrected chi connectivity index (χ1v) is 7.38. The Balaban J connectivity index is 1.72. The van der Waals surface area contributed by atoms with Gasteiger partial charge in [-0.1, -0.05) is 5.21 Å². The van der Waals surface area contributed by atoms with Crippen LogP contribution in [-0.4, -0.2) is 56.0 Å². The molecule has 2 aromatic rings. The second-order valence-corrected chi connectivity index (χ2v) is 4.90. The van der Waals surface area contributed by atoms with E-state index < -0.39 is 11.6 Å². The molecule has 0 aromatic carbocycles. The summed E-state index contributed by atoms with van der Waals surface area (Å²) in [5, 5.41) is 18.7. The second kappa shape index (κ2) is 9.03. The molecule has 0 aliphatic rings. The molecule has 0 N–H and O–H groups in total. The van der Waals surface area contributed by atoms with E-state index in [2.05, 4.69) is 15.3 Å². The van der Waals surface area contributed by atoms with Crippen LogP contribution in [0.2, 0.25) is 0 Å². The quantitative estimate of drug-likeness (QED) is 0.339. The van der Waals surface area contributed by atoms with Gasteiger partial charge < -0.3 is 19.6 Å². The maximum absolute atomic E-state index is 11.9. The van der Waals surface area contributed by atoms with Crippen LogP contribution in [0.5, 0.6) is 0 Å². The first-order chi connectivity index (χ1) is 11.6. The number of ether oxygens (including phenoxy) is 2. The summed E-state index contributed by atoms with van der Waals surface area (Å²) in [6.07, 6.45) is 2.94. The Bertz CT molecular complexity index is 659. The molecule has 0 spiro atoms. The summed E-state index contributed by atoms with van der Waals surface area (Å²) in [5.74, 6) is 0.500. The summed E-state index contributed by atoms with van der Waals surface area (Å²) in [6.45, 7) is 2.95. The smallest absolute Gasteiger partial charge is 0.342 e. The normalized spacial score (nSPS) is 11.1. The summed E-state index contributed by atoms with van der Waals surface area (Å²) in [5.41, 5.74) is 0.636. The van der Waals surface area contributed by atoms with Crippen LogP contribution in [-0.2, 0) is 29.2 Å². The summed E-state index contributed by atoms with van der Waals surface area (Å²) in [7, 11) is 0. The van der Waals surface area contributed by atoms with Gasteiger partial charge in [-0.05, 0) is 4.92 Å². The van der Waals surface area contributed by atoms with E-state index in [-0.39, 0.29) is 25.6 Å². The van der Waals surface area contributed by atoms with Gasteiger partial charge >= 0.3 is 5.82 Å². The van der Waals surface area contributed by atoms with Crippen molar-refractivity contribution in [3.05, 3.63) is 34.0 Å². The second-order valence-electron chi connectivity index (χ2n) is 4.90. The largest absolute Gasteiger partial charge is 0.377 e. The van der Waals surface area contributed by atoms with E-state index in [1.807, 2.05) is 0 Å². The number of halogens is 1. The van der Waals surface area contributed by atoms with Gasteiger partial charge in [-0.15, -0.1) is 5.10 Å². The number of aryl methyl sites for hydroxylation is 1. The van der Waals surface area contributed by atoms with E-state index in [4.69, 9.17) is 9.47 Å². The molecule has 2 heterocycles. The van der Waals surface area contributed by atoms with Gasteiger partial charge in [-0.3, -0.25) is 0 Å². The molecule has 0 amide bonds. The van der Waals surface area contributed by atoms with Crippen molar-refractivity contribution >= 4 is 5.82 Å². The van der Waals surface area contributed by atoms with Gasteiger partial charge in [0.05, 0.1) is 39.2 Å². The summed E-state index contributed by atoms with van der Waals surface area (Å²) >= 11 is 0. The lowest BCUT2D eigenvalue weighted by Crippen LogP contribution is -2.10. The van der Waals surface area contributed by atoms with Gasteiger partial charge in [0.1, 0.15) is 25.1 Å². The third-order valence-electron chi connectivity index (χ3n) is 3.20. The molecule has 132 valence electrons. The number of hydrogen-bond donors (Lipinski definition) is 0. The maximum atomic E-state index is 11.9. The standard InChI is InChI=1S/C13H19FN6O4/c1-11-15-8-13(20(21)22)19(11)4-7-24-10-12-9-18(17-16-12)3-6-23-5-2-14/h8-9H,2-7,10H2,1H3. The Labute approximate surface area is 137 Å². The number of rotatable bonds is 11. The summed E-state index contributed by atoms with van der Waals surface area (Å²) in [6, 6.07) is 0. The van der Waals surface area contributed by atoms with E-state index in [9.17, 15) is 14.5 Å². The molecule has 0 saturated carbocycles. The number of aromatic nitrogens is 5. The Hall–Kier alpha value is -2.40. The Kier molecular flexibility index (Phi) is 6.75. The highest BCUT2D eigenvalue weighted by Gasteiger charge is 2.16. The molecular formula is C13H19FN6O4. The van der Waals surface area contributed by atoms with Gasteiger partial charge in [-0.2, -0.15) is 0 Å². The van der Waals surface area contributed by atoms with E-state index >= 15 is 0 Å². The SMILES string of the molecule is Cc1ncc([N+](=O)[O-])n1CCOCc1cn(CCOCCF)nn1. The van der Waals surface area contributed by atoms with Crippen molar-refractivity contribution in [2.45, 2.75) is 26.6 Å². The van der Waals surface area contributed by atoms with Gasteiger partial charge in [0, 0.05) is 6.92 Å². The fourth-order valence-corrected chi connectivity index (χ4v) is 2.04. The predicted molar refractivity (Wildman–Crippen MR) is 80.1 cm³/mol. The van der Waals surface area contributed by atoms with Crippen LogP contribution >= 0.6 is 0 Å². The average molecular weight is 342 g/mol. The molecule has 0 atom stereocenters. The van der Waals surface area contributed by atoms with Gasteiger partial charge in [0.2, 0.25) is 0 Å². The minimum absolute atomic E-state index is 0.0599. The van der Waals surface area contributed by atoms with Crippen LogP contribution in [0, 0.1) is 17.0 Å². The Morgan fingerprint density at radius 2 is 2.08 bits per heavy atom. The third kappa shape index (κ3) is 5.06. The van der Waals surface area contributed by atoms with Crippen LogP contribution in [0.3, 0.4) is 0 Å². The monoisotopic (exact) mass is 342 g/mol. The molecule has 0 saturated heterocycles. The molecule has 0 unspecified atom stereocenters. The zero-order chi connectivity index (χ0) is 17.4. The molecule has 0 bridgehead atoms. The van der Waals surface area contributed by atoms with Crippen molar-refractivity contribution < 1.29 is 18.8 Å². The van der Waals surface area contributed by atoms with Crippen molar-refractivity contribution in [2.75, 3.05) is 26.5 Å². The Morgan fingerprint density at radius 1 is 1.29 bits per heavy atom. The number of nitro groups is 1. The van der Waals surface area contributed by atoms with E-state index in [1.54, 1.807) is 17.8 Å². The van der Waals surface area contributed by atoms with Crippen molar-refractivity contribution in [3.63, 3.8) is 0 Å². The fraction of sp³-hybridized carbons (Fsp3) is 0.615. The maximum Gasteiger partial charge on any atom is 0.342 e. The average Bonchev–Trinajstić information content (AvgIpc) is 3.15. The van der Waals surface area contributed by atoms with Crippen LogP contribution < -0.4 is 0 Å². The van der Waals surface area contributed by atoms with E-state index in [0.717, 1.165) is 0 Å². The van der Waals surface area contributed by atoms with Gasteiger partial charge in [-0.25, -0.2) is 18.6 Å². The number of nitrogens with zero attached hydrogens (tertiary/aromatic N) is 6. The lowest BCUT2D eigenvalue weighted by atomic mass is 10.5. The number of hydrogen-bond acceptors (Lipinski definition) is 7.